The zero-order chi connectivity index (χ0) is 17.1. The summed E-state index contributed by atoms with van der Waals surface area (Å²) in [7, 11) is 1.55. The van der Waals surface area contributed by atoms with E-state index in [4.69, 9.17) is 0 Å². The lowest BCUT2D eigenvalue weighted by Crippen LogP contribution is -2.53. The van der Waals surface area contributed by atoms with Gasteiger partial charge in [0.2, 0.25) is 0 Å². The van der Waals surface area contributed by atoms with Crippen LogP contribution in [0.5, 0.6) is 0 Å². The van der Waals surface area contributed by atoms with Gasteiger partial charge in [-0.25, -0.2) is 0 Å². The molecule has 0 bridgehead atoms. The molecule has 2 amide bonds. The summed E-state index contributed by atoms with van der Waals surface area (Å²) >= 11 is 0. The number of hydrogen-bond donors (Lipinski definition) is 2. The largest absolute Gasteiger partial charge is 0.391 e. The van der Waals surface area contributed by atoms with Gasteiger partial charge in [0.05, 0.1) is 11.7 Å². The van der Waals surface area contributed by atoms with Crippen LogP contribution in [0.1, 0.15) is 40.1 Å². The maximum Gasteiger partial charge on any atom is 0.269 e. The molecule has 0 spiro atoms. The highest BCUT2D eigenvalue weighted by Gasteiger charge is 2.33. The zero-order valence-electron chi connectivity index (χ0n) is 13.9. The number of aliphatic hydroxyl groups is 1. The van der Waals surface area contributed by atoms with E-state index in [1.165, 1.54) is 6.20 Å². The van der Waals surface area contributed by atoms with Gasteiger partial charge in [0, 0.05) is 45.5 Å². The van der Waals surface area contributed by atoms with Crippen LogP contribution in [-0.2, 0) is 0 Å². The topological polar surface area (TPSA) is 85.8 Å². The van der Waals surface area contributed by atoms with E-state index >= 15 is 0 Å². The molecule has 2 heterocycles. The Morgan fingerprint density at radius 2 is 1.96 bits per heavy atom. The number of hydrogen-bond acceptors (Lipinski definition) is 5. The predicted octanol–water partition coefficient (Wildman–Crippen LogP) is 0.112. The molecule has 7 nitrogen and oxygen atoms in total. The van der Waals surface area contributed by atoms with Gasteiger partial charge in [0.25, 0.3) is 11.8 Å². The molecule has 1 aliphatic carbocycles. The maximum absolute atomic E-state index is 12.6. The van der Waals surface area contributed by atoms with Crippen LogP contribution in [-0.4, -0.2) is 77.1 Å². The summed E-state index contributed by atoms with van der Waals surface area (Å²) in [4.78, 5) is 32.2. The van der Waals surface area contributed by atoms with E-state index in [-0.39, 0.29) is 24.0 Å². The van der Waals surface area contributed by atoms with Crippen molar-refractivity contribution in [2.75, 3.05) is 33.2 Å². The molecule has 130 valence electrons. The quantitative estimate of drug-likeness (QED) is 0.821. The van der Waals surface area contributed by atoms with Gasteiger partial charge >= 0.3 is 0 Å². The van der Waals surface area contributed by atoms with Gasteiger partial charge in [0.15, 0.2) is 0 Å². The molecule has 1 aromatic rings. The van der Waals surface area contributed by atoms with Crippen LogP contribution in [0.15, 0.2) is 18.3 Å². The van der Waals surface area contributed by atoms with Crippen molar-refractivity contribution in [3.05, 3.63) is 29.6 Å². The molecular formula is C17H24N4O3. The van der Waals surface area contributed by atoms with Crippen LogP contribution in [0.25, 0.3) is 0 Å². The van der Waals surface area contributed by atoms with Gasteiger partial charge in [-0.1, -0.05) is 0 Å². The minimum atomic E-state index is -0.266. The van der Waals surface area contributed by atoms with E-state index in [1.54, 1.807) is 19.2 Å². The second-order valence-corrected chi connectivity index (χ2v) is 6.41. The monoisotopic (exact) mass is 332 g/mol. The number of piperazine rings is 1. The van der Waals surface area contributed by atoms with Crippen molar-refractivity contribution in [3.8, 4) is 0 Å². The van der Waals surface area contributed by atoms with Gasteiger partial charge in [-0.3, -0.25) is 19.5 Å². The highest BCUT2D eigenvalue weighted by molar-refractivity contribution is 5.96. The molecule has 0 aromatic carbocycles. The highest BCUT2D eigenvalue weighted by atomic mass is 16.3. The van der Waals surface area contributed by atoms with Gasteiger partial charge in [-0.2, -0.15) is 0 Å². The predicted molar refractivity (Wildman–Crippen MR) is 88.7 cm³/mol. The number of pyridine rings is 1. The summed E-state index contributed by atoms with van der Waals surface area (Å²) in [5.74, 6) is -0.324. The minimum Gasteiger partial charge on any atom is -0.391 e. The molecule has 2 aliphatic rings. The molecule has 3 rings (SSSR count). The Hall–Kier alpha value is -1.99. The fraction of sp³-hybridized carbons (Fsp3) is 0.588. The Labute approximate surface area is 141 Å². The van der Waals surface area contributed by atoms with Crippen LogP contribution in [0.2, 0.25) is 0 Å². The van der Waals surface area contributed by atoms with E-state index in [9.17, 15) is 14.7 Å². The van der Waals surface area contributed by atoms with Gasteiger partial charge in [-0.05, 0) is 31.4 Å². The van der Waals surface area contributed by atoms with Crippen LogP contribution in [0.4, 0.5) is 0 Å². The minimum absolute atomic E-state index is 0.0578. The molecule has 2 fully saturated rings. The van der Waals surface area contributed by atoms with E-state index in [0.717, 1.165) is 32.4 Å². The third-order valence-electron chi connectivity index (χ3n) is 4.98. The number of nitrogens with one attached hydrogen (secondary N) is 1. The van der Waals surface area contributed by atoms with E-state index in [1.807, 2.05) is 4.90 Å². The molecule has 1 saturated carbocycles. The van der Waals surface area contributed by atoms with Gasteiger partial charge in [-0.15, -0.1) is 0 Å². The van der Waals surface area contributed by atoms with Crippen molar-refractivity contribution in [2.45, 2.75) is 31.4 Å². The fourth-order valence-electron chi connectivity index (χ4n) is 3.57. The van der Waals surface area contributed by atoms with Gasteiger partial charge < -0.3 is 15.3 Å². The SMILES string of the molecule is CNC(=O)c1ccc(C(=O)N2CCN(C3CCCC3O)CC2)cn1. The summed E-state index contributed by atoms with van der Waals surface area (Å²) < 4.78 is 0. The van der Waals surface area contributed by atoms with Crippen LogP contribution in [0, 0.1) is 0 Å². The van der Waals surface area contributed by atoms with Crippen molar-refractivity contribution in [1.82, 2.24) is 20.1 Å². The number of rotatable bonds is 3. The summed E-state index contributed by atoms with van der Waals surface area (Å²) in [6, 6.07) is 3.46. The first-order chi connectivity index (χ1) is 11.6. The molecule has 1 saturated heterocycles. The highest BCUT2D eigenvalue weighted by Crippen LogP contribution is 2.25. The van der Waals surface area contributed by atoms with Crippen molar-refractivity contribution in [1.29, 1.82) is 0 Å². The number of aromatic nitrogens is 1. The van der Waals surface area contributed by atoms with Crippen LogP contribution < -0.4 is 5.32 Å². The third kappa shape index (κ3) is 3.42. The molecule has 0 radical (unpaired) electrons. The van der Waals surface area contributed by atoms with Crippen LogP contribution in [0.3, 0.4) is 0 Å². The van der Waals surface area contributed by atoms with Crippen molar-refractivity contribution in [3.63, 3.8) is 0 Å². The molecular weight excluding hydrogens is 308 g/mol. The van der Waals surface area contributed by atoms with Crippen molar-refractivity contribution >= 4 is 11.8 Å². The lowest BCUT2D eigenvalue weighted by atomic mass is 10.1. The number of carbonyl (C=O) groups is 2. The van der Waals surface area contributed by atoms with E-state index < -0.39 is 0 Å². The summed E-state index contributed by atoms with van der Waals surface area (Å²) in [5, 5.41) is 12.5. The second-order valence-electron chi connectivity index (χ2n) is 6.41. The molecule has 24 heavy (non-hydrogen) atoms. The first-order valence-corrected chi connectivity index (χ1v) is 8.49. The maximum atomic E-state index is 12.6. The molecule has 7 heteroatoms. The molecule has 2 atom stereocenters. The number of amides is 2. The zero-order valence-corrected chi connectivity index (χ0v) is 13.9. The Kier molecular flexibility index (Phi) is 5.11. The molecule has 1 aliphatic heterocycles. The Morgan fingerprint density at radius 1 is 1.21 bits per heavy atom. The smallest absolute Gasteiger partial charge is 0.269 e. The van der Waals surface area contributed by atoms with E-state index in [0.29, 0.717) is 24.3 Å². The summed E-state index contributed by atoms with van der Waals surface area (Å²) in [5.41, 5.74) is 0.797. The Bertz CT molecular complexity index is 596. The Morgan fingerprint density at radius 3 is 2.50 bits per heavy atom. The van der Waals surface area contributed by atoms with E-state index in [2.05, 4.69) is 15.2 Å². The first kappa shape index (κ1) is 16.9. The lowest BCUT2D eigenvalue weighted by Gasteiger charge is -2.39. The number of nitrogens with zero attached hydrogens (tertiary/aromatic N) is 3. The average Bonchev–Trinajstić information content (AvgIpc) is 3.06. The van der Waals surface area contributed by atoms with Crippen molar-refractivity contribution < 1.29 is 14.7 Å². The van der Waals surface area contributed by atoms with Crippen LogP contribution >= 0.6 is 0 Å². The fourth-order valence-corrected chi connectivity index (χ4v) is 3.57. The van der Waals surface area contributed by atoms with Crippen molar-refractivity contribution in [2.24, 2.45) is 0 Å². The average molecular weight is 332 g/mol. The normalized spacial score (nSPS) is 24.8. The van der Waals surface area contributed by atoms with Gasteiger partial charge in [0.1, 0.15) is 5.69 Å². The lowest BCUT2D eigenvalue weighted by molar-refractivity contribution is 0.0315. The summed E-state index contributed by atoms with van der Waals surface area (Å²) in [6.45, 7) is 2.88. The molecule has 2 unspecified atom stereocenters. The second kappa shape index (κ2) is 7.27. The molecule has 2 N–H and O–H groups in total. The number of carbonyl (C=O) groups excluding carboxylic acids is 2. The summed E-state index contributed by atoms with van der Waals surface area (Å²) in [6.07, 6.45) is 4.23. The Balaban J connectivity index is 1.58. The number of aliphatic hydroxyl groups excluding tert-OH is 1. The third-order valence-corrected chi connectivity index (χ3v) is 4.98. The standard InChI is InChI=1S/C17H24N4O3/c1-18-16(23)13-6-5-12(11-19-13)17(24)21-9-7-20(8-10-21)14-3-2-4-15(14)22/h5-6,11,14-15,22H,2-4,7-10H2,1H3,(H,18,23). The molecule has 1 aromatic heterocycles. The first-order valence-electron chi connectivity index (χ1n) is 8.49.